The zero-order valence-corrected chi connectivity index (χ0v) is 20.5. The molecule has 1 aliphatic carbocycles. The summed E-state index contributed by atoms with van der Waals surface area (Å²) in [6, 6.07) is 12.0. The summed E-state index contributed by atoms with van der Waals surface area (Å²) in [5.41, 5.74) is 3.29. The molecule has 10 heteroatoms. The fraction of sp³-hybridized carbons (Fsp3) is 0.200. The zero-order chi connectivity index (χ0) is 24.5. The lowest BCUT2D eigenvalue weighted by Gasteiger charge is -2.15. The Labute approximate surface area is 207 Å². The minimum Gasteiger partial charge on any atom is -0.495 e. The first-order chi connectivity index (χ1) is 16.8. The highest BCUT2D eigenvalue weighted by Gasteiger charge is 2.31. The molecule has 3 aromatic carbocycles. The second kappa shape index (κ2) is 7.73. The van der Waals surface area contributed by atoms with Crippen LogP contribution in [0.3, 0.4) is 0 Å². The lowest BCUT2D eigenvalue weighted by atomic mass is 9.98. The molecule has 4 aromatic rings. The molecule has 0 radical (unpaired) electrons. The molecule has 0 atom stereocenters. The monoisotopic (exact) mass is 508 g/mol. The van der Waals surface area contributed by atoms with Crippen molar-refractivity contribution in [2.75, 3.05) is 23.8 Å². The fourth-order valence-electron chi connectivity index (χ4n) is 4.55. The van der Waals surface area contributed by atoms with Crippen molar-refractivity contribution >= 4 is 49.7 Å². The molecule has 8 nitrogen and oxygen atoms in total. The summed E-state index contributed by atoms with van der Waals surface area (Å²) in [5, 5.41) is 6.17. The van der Waals surface area contributed by atoms with Gasteiger partial charge in [0.15, 0.2) is 0 Å². The van der Waals surface area contributed by atoms with Gasteiger partial charge in [0, 0.05) is 40.7 Å². The Hall–Kier alpha value is -3.56. The Morgan fingerprint density at radius 2 is 1.91 bits per heavy atom. The molecule has 0 unspecified atom stereocenters. The van der Waals surface area contributed by atoms with Crippen LogP contribution >= 0.6 is 11.6 Å². The van der Waals surface area contributed by atoms with Gasteiger partial charge in [-0.05, 0) is 54.8 Å². The van der Waals surface area contributed by atoms with Gasteiger partial charge >= 0.3 is 0 Å². The number of ether oxygens (including phenoxy) is 1. The van der Waals surface area contributed by atoms with Crippen LogP contribution in [-0.4, -0.2) is 38.3 Å². The third-order valence-electron chi connectivity index (χ3n) is 6.50. The van der Waals surface area contributed by atoms with E-state index in [4.69, 9.17) is 16.3 Å². The molecule has 2 aliphatic rings. The largest absolute Gasteiger partial charge is 0.495 e. The summed E-state index contributed by atoms with van der Waals surface area (Å²) in [6.07, 6.45) is 5.97. The average molecular weight is 509 g/mol. The molecular weight excluding hydrogens is 488 g/mol. The minimum absolute atomic E-state index is 0.0354. The number of rotatable bonds is 6. The first-order valence-electron chi connectivity index (χ1n) is 11.1. The van der Waals surface area contributed by atoms with Crippen LogP contribution < -0.4 is 14.4 Å². The van der Waals surface area contributed by atoms with E-state index in [0.29, 0.717) is 33.1 Å². The topological polar surface area (TPSA) is 93.5 Å². The third kappa shape index (κ3) is 3.54. The van der Waals surface area contributed by atoms with Crippen LogP contribution in [0.4, 0.5) is 11.4 Å². The van der Waals surface area contributed by atoms with Crippen molar-refractivity contribution in [1.29, 1.82) is 0 Å². The molecule has 1 aliphatic heterocycles. The molecule has 178 valence electrons. The van der Waals surface area contributed by atoms with E-state index in [9.17, 15) is 13.2 Å². The molecule has 6 rings (SSSR count). The second-order valence-electron chi connectivity index (χ2n) is 8.78. The van der Waals surface area contributed by atoms with E-state index in [1.807, 2.05) is 23.0 Å². The molecular formula is C25H21ClN4O4S. The highest BCUT2D eigenvalue weighted by molar-refractivity contribution is 7.92. The van der Waals surface area contributed by atoms with E-state index in [-0.39, 0.29) is 16.6 Å². The summed E-state index contributed by atoms with van der Waals surface area (Å²) in [5.74, 6) is -0.000154. The van der Waals surface area contributed by atoms with Gasteiger partial charge in [0.25, 0.3) is 15.9 Å². The van der Waals surface area contributed by atoms with E-state index in [1.54, 1.807) is 30.3 Å². The first-order valence-corrected chi connectivity index (χ1v) is 12.9. The molecule has 0 spiro atoms. The Morgan fingerprint density at radius 1 is 1.11 bits per heavy atom. The number of benzene rings is 3. The number of nitrogens with zero attached hydrogens (tertiary/aromatic N) is 3. The van der Waals surface area contributed by atoms with Crippen LogP contribution in [0.25, 0.3) is 21.9 Å². The number of hydrogen-bond donors (Lipinski definition) is 1. The van der Waals surface area contributed by atoms with E-state index in [0.717, 1.165) is 29.7 Å². The molecule has 1 aromatic heterocycles. The van der Waals surface area contributed by atoms with Crippen molar-refractivity contribution in [1.82, 2.24) is 9.78 Å². The van der Waals surface area contributed by atoms with Crippen LogP contribution in [0, 0.1) is 0 Å². The second-order valence-corrected chi connectivity index (χ2v) is 10.9. The van der Waals surface area contributed by atoms with Crippen LogP contribution in [0.15, 0.2) is 59.8 Å². The molecule has 2 heterocycles. The van der Waals surface area contributed by atoms with Crippen molar-refractivity contribution in [3.05, 3.63) is 65.4 Å². The third-order valence-corrected chi connectivity index (χ3v) is 8.14. The highest BCUT2D eigenvalue weighted by atomic mass is 35.5. The molecule has 1 amide bonds. The average Bonchev–Trinajstić information content (AvgIpc) is 3.52. The summed E-state index contributed by atoms with van der Waals surface area (Å²) in [4.78, 5) is 14.6. The first kappa shape index (κ1) is 21.9. The van der Waals surface area contributed by atoms with Gasteiger partial charge in [-0.1, -0.05) is 11.6 Å². The van der Waals surface area contributed by atoms with Gasteiger partial charge in [0.05, 0.1) is 36.3 Å². The summed E-state index contributed by atoms with van der Waals surface area (Å²) in [7, 11) is -0.921. The normalized spacial score (nSPS) is 15.2. The molecule has 1 fully saturated rings. The minimum atomic E-state index is -4.02. The van der Waals surface area contributed by atoms with Gasteiger partial charge in [-0.2, -0.15) is 5.10 Å². The number of amides is 1. The number of sulfonamides is 1. The van der Waals surface area contributed by atoms with Crippen molar-refractivity contribution in [2.45, 2.75) is 23.8 Å². The molecule has 35 heavy (non-hydrogen) atoms. The van der Waals surface area contributed by atoms with Gasteiger partial charge in [0.2, 0.25) is 0 Å². The van der Waals surface area contributed by atoms with Gasteiger partial charge in [0.1, 0.15) is 10.6 Å². The van der Waals surface area contributed by atoms with E-state index in [1.165, 1.54) is 25.3 Å². The zero-order valence-electron chi connectivity index (χ0n) is 18.9. The Kier molecular flexibility index (Phi) is 4.84. The van der Waals surface area contributed by atoms with E-state index < -0.39 is 10.0 Å². The predicted octanol–water partition coefficient (Wildman–Crippen LogP) is 5.09. The summed E-state index contributed by atoms with van der Waals surface area (Å²) < 4.78 is 36.6. The van der Waals surface area contributed by atoms with Crippen molar-refractivity contribution in [2.24, 2.45) is 0 Å². The molecule has 0 bridgehead atoms. The Bertz CT molecular complexity index is 1640. The van der Waals surface area contributed by atoms with Crippen molar-refractivity contribution < 1.29 is 17.9 Å². The predicted molar refractivity (Wildman–Crippen MR) is 135 cm³/mol. The number of aromatic nitrogens is 2. The maximum atomic E-state index is 13.4. The Morgan fingerprint density at radius 3 is 2.66 bits per heavy atom. The lowest BCUT2D eigenvalue weighted by molar-refractivity contribution is 0.0999. The molecule has 1 saturated carbocycles. The van der Waals surface area contributed by atoms with Gasteiger partial charge in [-0.15, -0.1) is 0 Å². The standard InChI is InChI=1S/C25H21ClN4O4S/c1-29-21-7-6-20(28-35(32,33)23-8-3-16(26)11-22(23)34-2)18-9-14(10-19(24(18)21)25(29)31)15-12-27-30(13-15)17-4-5-17/h3,6-13,17,28H,4-5H2,1-2H3. The number of anilines is 2. The molecule has 0 saturated heterocycles. The number of nitrogens with one attached hydrogen (secondary N) is 1. The lowest BCUT2D eigenvalue weighted by Crippen LogP contribution is -2.20. The van der Waals surface area contributed by atoms with Crippen LogP contribution in [0.1, 0.15) is 29.2 Å². The van der Waals surface area contributed by atoms with E-state index >= 15 is 0 Å². The number of carbonyl (C=O) groups excluding carboxylic acids is 1. The quantitative estimate of drug-likeness (QED) is 0.391. The maximum absolute atomic E-state index is 13.4. The van der Waals surface area contributed by atoms with Crippen LogP contribution in [-0.2, 0) is 10.0 Å². The van der Waals surface area contributed by atoms with Gasteiger partial charge in [-0.3, -0.25) is 14.2 Å². The number of halogens is 1. The number of methoxy groups -OCH3 is 1. The van der Waals surface area contributed by atoms with Crippen LogP contribution in [0.5, 0.6) is 5.75 Å². The Balaban J connectivity index is 1.51. The fourth-order valence-corrected chi connectivity index (χ4v) is 5.94. The number of hydrogen-bond acceptors (Lipinski definition) is 5. The van der Waals surface area contributed by atoms with Crippen molar-refractivity contribution in [3.63, 3.8) is 0 Å². The number of carbonyl (C=O) groups is 1. The summed E-state index contributed by atoms with van der Waals surface area (Å²) >= 11 is 6.02. The highest BCUT2D eigenvalue weighted by Crippen LogP contribution is 2.43. The maximum Gasteiger partial charge on any atom is 0.265 e. The van der Waals surface area contributed by atoms with Crippen molar-refractivity contribution in [3.8, 4) is 16.9 Å². The van der Waals surface area contributed by atoms with Gasteiger partial charge in [-0.25, -0.2) is 8.42 Å². The summed E-state index contributed by atoms with van der Waals surface area (Å²) in [6.45, 7) is 0. The van der Waals surface area contributed by atoms with Crippen LogP contribution in [0.2, 0.25) is 5.02 Å². The molecule has 1 N–H and O–H groups in total. The van der Waals surface area contributed by atoms with Gasteiger partial charge < -0.3 is 9.64 Å². The van der Waals surface area contributed by atoms with E-state index in [2.05, 4.69) is 9.82 Å². The smallest absolute Gasteiger partial charge is 0.265 e. The SMILES string of the molecule is COc1cc(Cl)ccc1S(=O)(=O)Nc1ccc2c3c(cc(-c4cnn(C5CC5)c4)cc13)C(=O)N2C.